The maximum atomic E-state index is 9.27. The van der Waals surface area contributed by atoms with Crippen LogP contribution in [0.25, 0.3) is 21.8 Å². The molecule has 0 aliphatic carbocycles. The molecule has 2 aromatic carbocycles. The Morgan fingerprint density at radius 2 is 1.78 bits per heavy atom. The van der Waals surface area contributed by atoms with Crippen molar-refractivity contribution in [2.24, 2.45) is 0 Å². The molecule has 0 bridgehead atoms. The molecule has 3 rings (SSSR count). The number of aliphatic hydroxyl groups excluding tert-OH is 1. The van der Waals surface area contributed by atoms with Gasteiger partial charge in [0.15, 0.2) is 0 Å². The summed E-state index contributed by atoms with van der Waals surface area (Å²) in [5, 5.41) is 11.8. The molecular weight excluding hydrogens is 222 g/mol. The summed E-state index contributed by atoms with van der Waals surface area (Å²) in [6.07, 6.45) is 1.12. The topological polar surface area (TPSA) is 25.2 Å². The molecular formula is C16H17NO. The molecule has 0 saturated carbocycles. The predicted molar refractivity (Wildman–Crippen MR) is 75.7 cm³/mol. The minimum atomic E-state index is 0.100. The summed E-state index contributed by atoms with van der Waals surface area (Å²) in [6, 6.07) is 14.7. The zero-order valence-corrected chi connectivity index (χ0v) is 10.6. The third-order valence-corrected chi connectivity index (χ3v) is 3.47. The highest BCUT2D eigenvalue weighted by Gasteiger charge is 2.09. The maximum Gasteiger partial charge on any atom is 0.0682 e. The molecule has 1 heterocycles. The average molecular weight is 239 g/mol. The van der Waals surface area contributed by atoms with Crippen LogP contribution in [0.1, 0.15) is 18.9 Å². The Kier molecular flexibility index (Phi) is 2.80. The van der Waals surface area contributed by atoms with E-state index in [0.29, 0.717) is 0 Å². The molecule has 18 heavy (non-hydrogen) atoms. The third-order valence-electron chi connectivity index (χ3n) is 3.47. The van der Waals surface area contributed by atoms with Gasteiger partial charge in [0.1, 0.15) is 0 Å². The van der Waals surface area contributed by atoms with Crippen molar-refractivity contribution in [2.75, 3.05) is 0 Å². The molecule has 92 valence electrons. The van der Waals surface area contributed by atoms with Gasteiger partial charge in [0, 0.05) is 28.4 Å². The highest BCUT2D eigenvalue weighted by molar-refractivity contribution is 6.08. The standard InChI is InChI=1S/C16H17NO/c1-2-9-17-15-6-4-3-5-13(15)14-10-12(11-18)7-8-16(14)17/h3-8,10,18H,2,9,11H2,1H3. The van der Waals surface area contributed by atoms with Gasteiger partial charge in [-0.2, -0.15) is 0 Å². The minimum Gasteiger partial charge on any atom is -0.392 e. The third kappa shape index (κ3) is 1.61. The van der Waals surface area contributed by atoms with Crippen LogP contribution >= 0.6 is 0 Å². The number of benzene rings is 2. The molecule has 1 N–H and O–H groups in total. The van der Waals surface area contributed by atoms with Crippen LogP contribution in [-0.2, 0) is 13.2 Å². The molecule has 0 amide bonds. The monoisotopic (exact) mass is 239 g/mol. The fourth-order valence-electron chi connectivity index (χ4n) is 2.66. The van der Waals surface area contributed by atoms with Gasteiger partial charge in [-0.25, -0.2) is 0 Å². The highest BCUT2D eigenvalue weighted by atomic mass is 16.3. The van der Waals surface area contributed by atoms with E-state index in [1.807, 2.05) is 6.07 Å². The van der Waals surface area contributed by atoms with E-state index in [4.69, 9.17) is 0 Å². The molecule has 0 saturated heterocycles. The van der Waals surface area contributed by atoms with E-state index in [-0.39, 0.29) is 6.61 Å². The van der Waals surface area contributed by atoms with Gasteiger partial charge in [-0.05, 0) is 30.2 Å². The van der Waals surface area contributed by atoms with E-state index < -0.39 is 0 Å². The summed E-state index contributed by atoms with van der Waals surface area (Å²) in [5.74, 6) is 0. The highest BCUT2D eigenvalue weighted by Crippen LogP contribution is 2.29. The van der Waals surface area contributed by atoms with Crippen molar-refractivity contribution < 1.29 is 5.11 Å². The average Bonchev–Trinajstić information content (AvgIpc) is 2.74. The quantitative estimate of drug-likeness (QED) is 0.740. The van der Waals surface area contributed by atoms with Gasteiger partial charge in [-0.3, -0.25) is 0 Å². The first-order chi connectivity index (χ1) is 8.85. The van der Waals surface area contributed by atoms with Crippen LogP contribution < -0.4 is 0 Å². The Labute approximate surface area is 106 Å². The molecule has 0 radical (unpaired) electrons. The number of hydrogen-bond acceptors (Lipinski definition) is 1. The van der Waals surface area contributed by atoms with Gasteiger partial charge in [0.2, 0.25) is 0 Å². The SMILES string of the molecule is CCCn1c2ccccc2c2cc(CO)ccc21. The second-order valence-electron chi connectivity index (χ2n) is 4.68. The Bertz CT molecular complexity index is 697. The van der Waals surface area contributed by atoms with Crippen LogP contribution in [0.2, 0.25) is 0 Å². The summed E-state index contributed by atoms with van der Waals surface area (Å²) in [4.78, 5) is 0. The van der Waals surface area contributed by atoms with Gasteiger partial charge in [-0.15, -0.1) is 0 Å². The van der Waals surface area contributed by atoms with Crippen LogP contribution in [0.3, 0.4) is 0 Å². The van der Waals surface area contributed by atoms with E-state index in [9.17, 15) is 5.11 Å². The second kappa shape index (κ2) is 4.46. The van der Waals surface area contributed by atoms with E-state index in [1.54, 1.807) is 0 Å². The smallest absolute Gasteiger partial charge is 0.0682 e. The maximum absolute atomic E-state index is 9.27. The zero-order valence-electron chi connectivity index (χ0n) is 10.6. The first-order valence-corrected chi connectivity index (χ1v) is 6.46. The van der Waals surface area contributed by atoms with E-state index >= 15 is 0 Å². The fourth-order valence-corrected chi connectivity index (χ4v) is 2.66. The van der Waals surface area contributed by atoms with Crippen molar-refractivity contribution in [3.8, 4) is 0 Å². The van der Waals surface area contributed by atoms with Gasteiger partial charge in [-0.1, -0.05) is 31.2 Å². The summed E-state index contributed by atoms with van der Waals surface area (Å²) in [6.45, 7) is 3.33. The Morgan fingerprint density at radius 3 is 2.56 bits per heavy atom. The van der Waals surface area contributed by atoms with Crippen molar-refractivity contribution in [1.29, 1.82) is 0 Å². The largest absolute Gasteiger partial charge is 0.392 e. The molecule has 3 aromatic rings. The van der Waals surface area contributed by atoms with Crippen LogP contribution in [0, 0.1) is 0 Å². The van der Waals surface area contributed by atoms with E-state index in [2.05, 4.69) is 47.9 Å². The summed E-state index contributed by atoms with van der Waals surface area (Å²) < 4.78 is 2.37. The van der Waals surface area contributed by atoms with Gasteiger partial charge < -0.3 is 9.67 Å². The number of hydrogen-bond donors (Lipinski definition) is 1. The van der Waals surface area contributed by atoms with Crippen LogP contribution in [0.5, 0.6) is 0 Å². The Balaban J connectivity index is 2.41. The van der Waals surface area contributed by atoms with E-state index in [1.165, 1.54) is 21.8 Å². The number of aliphatic hydroxyl groups is 1. The molecule has 0 aliphatic rings. The van der Waals surface area contributed by atoms with E-state index in [0.717, 1.165) is 18.5 Å². The molecule has 2 nitrogen and oxygen atoms in total. The number of rotatable bonds is 3. The lowest BCUT2D eigenvalue weighted by atomic mass is 10.1. The van der Waals surface area contributed by atoms with Gasteiger partial charge in [0.25, 0.3) is 0 Å². The number of fused-ring (bicyclic) bond motifs is 3. The Hall–Kier alpha value is -1.80. The lowest BCUT2D eigenvalue weighted by Gasteiger charge is -2.05. The van der Waals surface area contributed by atoms with Gasteiger partial charge in [0.05, 0.1) is 6.61 Å². The number of aryl methyl sites for hydroxylation is 1. The van der Waals surface area contributed by atoms with Crippen molar-refractivity contribution >= 4 is 21.8 Å². The molecule has 0 atom stereocenters. The van der Waals surface area contributed by atoms with Crippen molar-refractivity contribution in [1.82, 2.24) is 4.57 Å². The fraction of sp³-hybridized carbons (Fsp3) is 0.250. The number of nitrogens with zero attached hydrogens (tertiary/aromatic N) is 1. The second-order valence-corrected chi connectivity index (χ2v) is 4.68. The zero-order chi connectivity index (χ0) is 12.5. The summed E-state index contributed by atoms with van der Waals surface area (Å²) >= 11 is 0. The molecule has 1 aromatic heterocycles. The lowest BCUT2D eigenvalue weighted by Crippen LogP contribution is -1.95. The summed E-state index contributed by atoms with van der Waals surface area (Å²) in [7, 11) is 0. The first-order valence-electron chi connectivity index (χ1n) is 6.46. The Morgan fingerprint density at radius 1 is 1.00 bits per heavy atom. The van der Waals surface area contributed by atoms with Crippen molar-refractivity contribution in [2.45, 2.75) is 26.5 Å². The normalized spacial score (nSPS) is 11.4. The molecule has 0 unspecified atom stereocenters. The summed E-state index contributed by atoms with van der Waals surface area (Å²) in [5.41, 5.74) is 3.52. The molecule has 0 spiro atoms. The number of para-hydroxylation sites is 1. The first kappa shape index (κ1) is 11.3. The number of aromatic nitrogens is 1. The molecule has 0 fully saturated rings. The van der Waals surface area contributed by atoms with Crippen LogP contribution in [0.4, 0.5) is 0 Å². The minimum absolute atomic E-state index is 0.100. The predicted octanol–water partition coefficient (Wildman–Crippen LogP) is 3.70. The van der Waals surface area contributed by atoms with Crippen molar-refractivity contribution in [3.05, 3.63) is 48.0 Å². The van der Waals surface area contributed by atoms with Crippen LogP contribution in [-0.4, -0.2) is 9.67 Å². The molecule has 2 heteroatoms. The van der Waals surface area contributed by atoms with Gasteiger partial charge >= 0.3 is 0 Å². The van der Waals surface area contributed by atoms with Crippen molar-refractivity contribution in [3.63, 3.8) is 0 Å². The van der Waals surface area contributed by atoms with Crippen LogP contribution in [0.15, 0.2) is 42.5 Å². The lowest BCUT2D eigenvalue weighted by molar-refractivity contribution is 0.282. The molecule has 0 aliphatic heterocycles.